The lowest BCUT2D eigenvalue weighted by atomic mass is 10.2. The van der Waals surface area contributed by atoms with Crippen molar-refractivity contribution < 1.29 is 84.8 Å². The highest BCUT2D eigenvalue weighted by Gasteiger charge is 2.39. The van der Waals surface area contributed by atoms with Gasteiger partial charge in [0, 0.05) is 72.8 Å². The summed E-state index contributed by atoms with van der Waals surface area (Å²) in [4.78, 5) is 93.1. The zero-order valence-corrected chi connectivity index (χ0v) is 41.4. The molecule has 406 valence electrons. The number of aryl methyl sites for hydroxylation is 5. The topological polar surface area (TPSA) is 321 Å². The van der Waals surface area contributed by atoms with Crippen molar-refractivity contribution in [1.29, 1.82) is 0 Å². The van der Waals surface area contributed by atoms with Gasteiger partial charge < -0.3 is 74.8 Å². The van der Waals surface area contributed by atoms with Gasteiger partial charge in [0.05, 0.1) is 28.4 Å². The van der Waals surface area contributed by atoms with Crippen LogP contribution in [-0.2, 0) is 49.6 Å². The van der Waals surface area contributed by atoms with Gasteiger partial charge in [-0.05, 0) is 78.2 Å². The lowest BCUT2D eigenvalue weighted by Gasteiger charge is -2.19. The van der Waals surface area contributed by atoms with Crippen LogP contribution in [0.15, 0.2) is 61.3 Å². The Kier molecular flexibility index (Phi) is 21.3. The molecule has 0 fully saturated rings. The molecule has 5 aromatic rings. The first-order valence-electron chi connectivity index (χ1n) is 21.2. The number of hydrogen-bond donors (Lipinski definition) is 9. The number of hydrogen-bond acceptors (Lipinski definition) is 11. The van der Waals surface area contributed by atoms with Crippen LogP contribution in [0, 0.1) is 0 Å². The Morgan fingerprint density at radius 1 is 0.541 bits per heavy atom. The lowest BCUT2D eigenvalue weighted by Crippen LogP contribution is -2.28. The first-order valence-corrected chi connectivity index (χ1v) is 21.2. The van der Waals surface area contributed by atoms with E-state index in [9.17, 15) is 55.1 Å². The zero-order chi connectivity index (χ0) is 56.8. The third-order valence-corrected chi connectivity index (χ3v) is 9.17. The number of nitrogens with two attached hydrogens (primary N) is 1. The molecule has 5 aromatic heterocycles. The van der Waals surface area contributed by atoms with Crippen LogP contribution in [0.5, 0.6) is 0 Å². The summed E-state index contributed by atoms with van der Waals surface area (Å²) in [6.45, 7) is 6.76. The van der Waals surface area contributed by atoms with Gasteiger partial charge in [-0.1, -0.05) is 0 Å². The Hall–Kier alpha value is -8.70. The molecule has 0 saturated heterocycles. The molecule has 0 aromatic carbocycles. The van der Waals surface area contributed by atoms with Crippen molar-refractivity contribution in [2.45, 2.75) is 45.1 Å². The summed E-state index contributed by atoms with van der Waals surface area (Å²) >= 11 is 0. The summed E-state index contributed by atoms with van der Waals surface area (Å²) in [7, 11) is 12.4. The number of aromatic carboxylic acids is 1. The Morgan fingerprint density at radius 3 is 1.15 bits per heavy atom. The number of carboxylic acids is 3. The third kappa shape index (κ3) is 19.8. The first-order chi connectivity index (χ1) is 33.9. The van der Waals surface area contributed by atoms with E-state index in [1.165, 1.54) is 33.5 Å². The summed E-state index contributed by atoms with van der Waals surface area (Å²) in [5.41, 5.74) is 8.73. The van der Waals surface area contributed by atoms with E-state index in [-0.39, 0.29) is 28.9 Å². The average molecular weight is 1060 g/mol. The summed E-state index contributed by atoms with van der Waals surface area (Å²) in [6, 6.07) is 7.62. The molecule has 0 spiro atoms. The molecule has 0 unspecified atom stereocenters. The van der Waals surface area contributed by atoms with Gasteiger partial charge in [-0.25, -0.2) is 19.2 Å². The van der Waals surface area contributed by atoms with E-state index in [1.807, 2.05) is 14.1 Å². The van der Waals surface area contributed by atoms with Gasteiger partial charge in [0.1, 0.15) is 34.1 Å². The van der Waals surface area contributed by atoms with Crippen LogP contribution in [0.1, 0.15) is 79.6 Å². The van der Waals surface area contributed by atoms with Crippen molar-refractivity contribution in [2.75, 3.05) is 54.2 Å². The second kappa shape index (κ2) is 25.6. The van der Waals surface area contributed by atoms with Crippen molar-refractivity contribution in [2.24, 2.45) is 35.2 Å². The molecule has 74 heavy (non-hydrogen) atoms. The fourth-order valence-corrected chi connectivity index (χ4v) is 5.93. The molecule has 5 amide bonds. The standard InChI is InChI=1S/C23H28N6O6.C17H26N6O2.2C2HF3O2/c1-23(2,3)35-22(34)26-15-8-17(28(5)12-15)20(31)24-13-7-16(27(4)10-13)19(30)25-14-9-18(21(32)33)29(6)11-14;1-21(2)7-5-6-19-16(24)15-9-13(11-23(15)4)20-17(25)14-8-12(18)10-22(14)3;2*3-2(4,5)1(6)7/h7-12H,1-6H3,(H,24,31)(H,25,30)(H,26,34)(H,32,33);8-11H,5-7,18H2,1-4H3,(H,19,24)(H,20,25);2*(H,6,7). The predicted molar refractivity (Wildman–Crippen MR) is 255 cm³/mol. The van der Waals surface area contributed by atoms with Crippen LogP contribution < -0.4 is 32.3 Å². The van der Waals surface area contributed by atoms with Gasteiger partial charge in [-0.3, -0.25) is 24.5 Å². The maximum atomic E-state index is 12.8. The number of alkyl halides is 6. The fourth-order valence-electron chi connectivity index (χ4n) is 5.93. The van der Waals surface area contributed by atoms with E-state index in [0.717, 1.165) is 13.0 Å². The normalized spacial score (nSPS) is 11.1. The number of rotatable bonds is 13. The van der Waals surface area contributed by atoms with Crippen molar-refractivity contribution in [1.82, 2.24) is 33.1 Å². The van der Waals surface area contributed by atoms with Gasteiger partial charge in [0.25, 0.3) is 23.6 Å². The van der Waals surface area contributed by atoms with Crippen LogP contribution in [0.3, 0.4) is 0 Å². The molecule has 5 rings (SSSR count). The van der Waals surface area contributed by atoms with E-state index in [1.54, 1.807) is 107 Å². The Balaban J connectivity index is 0.000000415. The molecule has 0 bridgehead atoms. The number of aliphatic carboxylic acids is 2. The minimum absolute atomic E-state index is 0.0308. The summed E-state index contributed by atoms with van der Waals surface area (Å²) in [5.74, 6) is -7.98. The maximum absolute atomic E-state index is 12.8. The number of anilines is 5. The molecule has 5 heterocycles. The first kappa shape index (κ1) is 61.4. The maximum Gasteiger partial charge on any atom is 0.490 e. The van der Waals surface area contributed by atoms with E-state index in [0.29, 0.717) is 46.4 Å². The van der Waals surface area contributed by atoms with Crippen molar-refractivity contribution in [3.05, 3.63) is 89.8 Å². The number of carbonyl (C=O) groups is 8. The lowest BCUT2D eigenvalue weighted by molar-refractivity contribution is -0.193. The molecule has 0 atom stereocenters. The van der Waals surface area contributed by atoms with Gasteiger partial charge in [-0.2, -0.15) is 26.3 Å². The van der Waals surface area contributed by atoms with Gasteiger partial charge in [0.2, 0.25) is 0 Å². The monoisotopic (exact) mass is 1060 g/mol. The van der Waals surface area contributed by atoms with E-state index < -0.39 is 53.8 Å². The molecule has 0 aliphatic rings. The van der Waals surface area contributed by atoms with Crippen LogP contribution >= 0.6 is 0 Å². The highest BCUT2D eigenvalue weighted by atomic mass is 19.4. The third-order valence-electron chi connectivity index (χ3n) is 9.17. The molecule has 0 aliphatic heterocycles. The smallest absolute Gasteiger partial charge is 0.477 e. The Bertz CT molecular complexity index is 2800. The van der Waals surface area contributed by atoms with Gasteiger partial charge >= 0.3 is 36.4 Å². The largest absolute Gasteiger partial charge is 0.490 e. The number of aromatic nitrogens is 5. The minimum Gasteiger partial charge on any atom is -0.477 e. The number of halogens is 6. The number of nitrogens with zero attached hydrogens (tertiary/aromatic N) is 6. The van der Waals surface area contributed by atoms with E-state index in [2.05, 4.69) is 31.5 Å². The number of nitrogen functional groups attached to an aromatic ring is 1. The Morgan fingerprint density at radius 2 is 0.851 bits per heavy atom. The summed E-state index contributed by atoms with van der Waals surface area (Å²) in [5, 5.41) is 37.0. The summed E-state index contributed by atoms with van der Waals surface area (Å²) in [6.07, 6.45) is -1.90. The molecule has 24 nitrogen and oxygen atoms in total. The fraction of sp³-hybridized carbons (Fsp3) is 0.364. The molecular formula is C44H56F6N12O12. The summed E-state index contributed by atoms with van der Waals surface area (Å²) < 4.78 is 76.5. The Labute approximate surface area is 417 Å². The molecule has 30 heteroatoms. The van der Waals surface area contributed by atoms with Crippen molar-refractivity contribution in [3.8, 4) is 0 Å². The van der Waals surface area contributed by atoms with Gasteiger partial charge in [0.15, 0.2) is 0 Å². The second-order valence-corrected chi connectivity index (χ2v) is 17.0. The molecule has 10 N–H and O–H groups in total. The highest BCUT2D eigenvalue weighted by Crippen LogP contribution is 2.21. The van der Waals surface area contributed by atoms with Crippen LogP contribution in [0.2, 0.25) is 0 Å². The average Bonchev–Trinajstić information content (AvgIpc) is 4.07. The molecule has 0 aliphatic carbocycles. The molecule has 0 saturated carbocycles. The SMILES string of the molecule is CN(C)CCCNC(=O)c1cc(NC(=O)c2cc(N)cn2C)cn1C.Cn1cc(NC(=O)c2cc(NC(=O)c3cc(NC(=O)OC(C)(C)C)cn3C)cn2C)cc1C(=O)O.O=C(O)C(F)(F)F.O=C(O)C(F)(F)F. The number of carboxylic acid groups (broad SMARTS) is 3. The minimum atomic E-state index is -5.08. The number of amides is 5. The van der Waals surface area contributed by atoms with Gasteiger partial charge in [-0.15, -0.1) is 0 Å². The quantitative estimate of drug-likeness (QED) is 0.0527. The van der Waals surface area contributed by atoms with Crippen LogP contribution in [0.4, 0.5) is 59.6 Å². The molecular weight excluding hydrogens is 1000 g/mol. The van der Waals surface area contributed by atoms with Crippen LogP contribution in [-0.4, -0.2) is 136 Å². The van der Waals surface area contributed by atoms with Crippen LogP contribution in [0.25, 0.3) is 0 Å². The number of ether oxygens (including phenoxy) is 1. The highest BCUT2D eigenvalue weighted by molar-refractivity contribution is 6.08. The van der Waals surface area contributed by atoms with E-state index >= 15 is 0 Å². The zero-order valence-electron chi connectivity index (χ0n) is 41.4. The predicted octanol–water partition coefficient (Wildman–Crippen LogP) is 5.40. The number of carbonyl (C=O) groups excluding carboxylic acids is 5. The number of nitrogens with one attached hydrogen (secondary N) is 5. The van der Waals surface area contributed by atoms with Crippen molar-refractivity contribution >= 4 is 76.1 Å². The second-order valence-electron chi connectivity index (χ2n) is 17.0. The molecule has 0 radical (unpaired) electrons. The van der Waals surface area contributed by atoms with Crippen molar-refractivity contribution in [3.63, 3.8) is 0 Å². The van der Waals surface area contributed by atoms with E-state index in [4.69, 9.17) is 35.4 Å².